The second-order valence-electron chi connectivity index (χ2n) is 6.60. The van der Waals surface area contributed by atoms with Gasteiger partial charge >= 0.3 is 12.4 Å². The van der Waals surface area contributed by atoms with Crippen LogP contribution in [-0.2, 0) is 16.5 Å². The molecule has 0 bridgehead atoms. The van der Waals surface area contributed by atoms with E-state index in [-0.39, 0.29) is 24.0 Å². The number of hydrogen-bond donors (Lipinski definition) is 0. The van der Waals surface area contributed by atoms with Gasteiger partial charge in [-0.1, -0.05) is 18.2 Å². The molecular weight excluding hydrogens is 416 g/mol. The lowest BCUT2D eigenvalue weighted by atomic mass is 9.93. The van der Waals surface area contributed by atoms with Crippen molar-refractivity contribution in [3.05, 3.63) is 65.2 Å². The van der Waals surface area contributed by atoms with Gasteiger partial charge in [0.15, 0.2) is 11.5 Å². The Labute approximate surface area is 166 Å². The summed E-state index contributed by atoms with van der Waals surface area (Å²) in [5, 5.41) is 0. The molecule has 2 aromatic rings. The van der Waals surface area contributed by atoms with Crippen LogP contribution in [0.3, 0.4) is 0 Å². The van der Waals surface area contributed by atoms with E-state index in [1.807, 2.05) is 0 Å². The molecule has 1 unspecified atom stereocenters. The van der Waals surface area contributed by atoms with Crippen molar-refractivity contribution in [1.29, 1.82) is 0 Å². The second kappa shape index (κ2) is 6.96. The first kappa shape index (κ1) is 20.1. The molecule has 0 spiro atoms. The Bertz CT molecular complexity index is 1010. The average molecular weight is 429 g/mol. The lowest BCUT2D eigenvalue weighted by Gasteiger charge is -2.30. The van der Waals surface area contributed by atoms with Crippen LogP contribution in [0, 0.1) is 0 Å². The van der Waals surface area contributed by atoms with E-state index in [0.717, 1.165) is 12.1 Å². The number of halogens is 6. The van der Waals surface area contributed by atoms with E-state index >= 15 is 0 Å². The third-order valence-electron chi connectivity index (χ3n) is 4.69. The van der Waals surface area contributed by atoms with E-state index in [2.05, 4.69) is 4.99 Å². The highest BCUT2D eigenvalue weighted by molar-refractivity contribution is 5.93. The molecule has 0 aliphatic carbocycles. The van der Waals surface area contributed by atoms with E-state index in [9.17, 15) is 26.3 Å². The standard InChI is InChI=1S/C20H13F6NO3/c21-19(22,23)13-4-1-12(2-5-13)3-8-17-27-10-18(30-17,20(24,25)26)14-6-7-15-16(9-14)29-11-28-15/h1-9H,10-11H2/b8-3-. The molecule has 10 heteroatoms. The molecule has 2 aliphatic rings. The lowest BCUT2D eigenvalue weighted by molar-refractivity contribution is -0.249. The zero-order valence-corrected chi connectivity index (χ0v) is 15.1. The zero-order chi connectivity index (χ0) is 21.6. The van der Waals surface area contributed by atoms with Crippen LogP contribution >= 0.6 is 0 Å². The number of hydrogen-bond acceptors (Lipinski definition) is 4. The fraction of sp³-hybridized carbons (Fsp3) is 0.250. The van der Waals surface area contributed by atoms with E-state index in [1.54, 1.807) is 0 Å². The zero-order valence-electron chi connectivity index (χ0n) is 15.1. The van der Waals surface area contributed by atoms with E-state index in [1.165, 1.54) is 42.5 Å². The molecule has 0 amide bonds. The first-order valence-corrected chi connectivity index (χ1v) is 8.64. The molecule has 2 aliphatic heterocycles. The number of rotatable bonds is 3. The highest BCUT2D eigenvalue weighted by Gasteiger charge is 2.61. The summed E-state index contributed by atoms with van der Waals surface area (Å²) in [6.45, 7) is -0.793. The van der Waals surface area contributed by atoms with Gasteiger partial charge in [-0.15, -0.1) is 0 Å². The minimum absolute atomic E-state index is 0.0870. The van der Waals surface area contributed by atoms with E-state index in [4.69, 9.17) is 14.2 Å². The molecule has 158 valence electrons. The molecule has 0 aromatic heterocycles. The SMILES string of the molecule is FC(F)(F)c1ccc(/C=C\C2=NCC(c3ccc4c(c3)OCO4)(C(F)(F)F)O2)cc1. The van der Waals surface area contributed by atoms with Gasteiger partial charge in [0.2, 0.25) is 18.3 Å². The van der Waals surface area contributed by atoms with Crippen LogP contribution in [0.4, 0.5) is 26.3 Å². The van der Waals surface area contributed by atoms with Gasteiger partial charge in [-0.05, 0) is 35.9 Å². The molecule has 0 radical (unpaired) electrons. The van der Waals surface area contributed by atoms with Crippen molar-refractivity contribution in [3.63, 3.8) is 0 Å². The summed E-state index contributed by atoms with van der Waals surface area (Å²) < 4.78 is 95.2. The third kappa shape index (κ3) is 3.57. The van der Waals surface area contributed by atoms with Crippen molar-refractivity contribution in [3.8, 4) is 11.5 Å². The number of aliphatic imine (C=N–C) groups is 1. The fourth-order valence-electron chi connectivity index (χ4n) is 3.08. The number of nitrogens with zero attached hydrogens (tertiary/aromatic N) is 1. The molecule has 4 rings (SSSR count). The second-order valence-corrected chi connectivity index (χ2v) is 6.60. The predicted molar refractivity (Wildman–Crippen MR) is 94.2 cm³/mol. The van der Waals surface area contributed by atoms with Gasteiger partial charge in [-0.25, -0.2) is 4.99 Å². The number of alkyl halides is 6. The van der Waals surface area contributed by atoms with Gasteiger partial charge in [0.1, 0.15) is 0 Å². The Hall–Kier alpha value is -3.17. The van der Waals surface area contributed by atoms with Crippen molar-refractivity contribution < 1.29 is 40.6 Å². The summed E-state index contributed by atoms with van der Waals surface area (Å²) in [5.41, 5.74) is -3.37. The van der Waals surface area contributed by atoms with Crippen LogP contribution < -0.4 is 9.47 Å². The van der Waals surface area contributed by atoms with Crippen molar-refractivity contribution in [1.82, 2.24) is 0 Å². The van der Waals surface area contributed by atoms with Crippen molar-refractivity contribution >= 4 is 12.0 Å². The molecule has 4 nitrogen and oxygen atoms in total. The molecular formula is C20H13F6NO3. The van der Waals surface area contributed by atoms with E-state index in [0.29, 0.717) is 11.3 Å². The maximum Gasteiger partial charge on any atom is 0.434 e. The Balaban J connectivity index is 1.56. The van der Waals surface area contributed by atoms with Crippen LogP contribution in [0.1, 0.15) is 16.7 Å². The average Bonchev–Trinajstić information content (AvgIpc) is 3.32. The van der Waals surface area contributed by atoms with Crippen LogP contribution in [0.25, 0.3) is 6.08 Å². The quantitative estimate of drug-likeness (QED) is 0.619. The monoisotopic (exact) mass is 429 g/mol. The lowest BCUT2D eigenvalue weighted by Crippen LogP contribution is -2.45. The van der Waals surface area contributed by atoms with Crippen molar-refractivity contribution in [2.24, 2.45) is 4.99 Å². The predicted octanol–water partition coefficient (Wildman–Crippen LogP) is 5.33. The Kier molecular flexibility index (Phi) is 4.67. The number of ether oxygens (including phenoxy) is 3. The Morgan fingerprint density at radius 1 is 0.867 bits per heavy atom. The van der Waals surface area contributed by atoms with Gasteiger partial charge in [0.25, 0.3) is 0 Å². The summed E-state index contributed by atoms with van der Waals surface area (Å²) in [6, 6.07) is 7.96. The maximum atomic E-state index is 13.9. The molecule has 2 heterocycles. The summed E-state index contributed by atoms with van der Waals surface area (Å²) in [6.07, 6.45) is -6.75. The molecule has 2 aromatic carbocycles. The summed E-state index contributed by atoms with van der Waals surface area (Å²) in [4.78, 5) is 3.83. The first-order valence-electron chi connectivity index (χ1n) is 8.64. The minimum atomic E-state index is -4.78. The number of fused-ring (bicyclic) bond motifs is 1. The molecule has 0 saturated heterocycles. The Morgan fingerprint density at radius 2 is 1.57 bits per heavy atom. The number of benzene rings is 2. The van der Waals surface area contributed by atoms with Gasteiger partial charge in [0, 0.05) is 11.6 Å². The van der Waals surface area contributed by atoms with Gasteiger partial charge < -0.3 is 14.2 Å². The highest BCUT2D eigenvalue weighted by Crippen LogP contribution is 2.47. The third-order valence-corrected chi connectivity index (χ3v) is 4.69. The molecule has 0 fully saturated rings. The largest absolute Gasteiger partial charge is 0.455 e. The first-order chi connectivity index (χ1) is 14.1. The van der Waals surface area contributed by atoms with Crippen LogP contribution in [0.15, 0.2) is 53.5 Å². The molecule has 1 atom stereocenters. The minimum Gasteiger partial charge on any atom is -0.455 e. The van der Waals surface area contributed by atoms with Crippen molar-refractivity contribution in [2.75, 3.05) is 13.3 Å². The van der Waals surface area contributed by atoms with Crippen LogP contribution in [0.2, 0.25) is 0 Å². The van der Waals surface area contributed by atoms with Crippen molar-refractivity contribution in [2.45, 2.75) is 18.0 Å². The van der Waals surface area contributed by atoms with E-state index < -0.39 is 30.1 Å². The smallest absolute Gasteiger partial charge is 0.434 e. The van der Waals surface area contributed by atoms with Gasteiger partial charge in [-0.3, -0.25) is 0 Å². The normalized spacial score (nSPS) is 21.1. The fourth-order valence-corrected chi connectivity index (χ4v) is 3.08. The summed E-state index contributed by atoms with van der Waals surface area (Å²) in [7, 11) is 0. The maximum absolute atomic E-state index is 13.9. The highest BCUT2D eigenvalue weighted by atomic mass is 19.4. The summed E-state index contributed by atoms with van der Waals surface area (Å²) >= 11 is 0. The topological polar surface area (TPSA) is 40.0 Å². The molecule has 30 heavy (non-hydrogen) atoms. The molecule has 0 saturated carbocycles. The Morgan fingerprint density at radius 3 is 2.23 bits per heavy atom. The summed E-state index contributed by atoms with van der Waals surface area (Å²) in [5.74, 6) is 0.218. The van der Waals surface area contributed by atoms with Crippen LogP contribution in [-0.4, -0.2) is 25.4 Å². The van der Waals surface area contributed by atoms with Gasteiger partial charge in [0.05, 0.1) is 12.1 Å². The molecule has 0 N–H and O–H groups in total. The van der Waals surface area contributed by atoms with Crippen LogP contribution in [0.5, 0.6) is 11.5 Å². The van der Waals surface area contributed by atoms with Gasteiger partial charge in [-0.2, -0.15) is 26.3 Å².